The van der Waals surface area contributed by atoms with Gasteiger partial charge < -0.3 is 36.3 Å². The quantitative estimate of drug-likeness (QED) is 0.183. The summed E-state index contributed by atoms with van der Waals surface area (Å²) < 4.78 is 10.6. The number of amides is 4. The number of aromatic carboxylic acids is 1. The van der Waals surface area contributed by atoms with Crippen molar-refractivity contribution in [2.45, 2.75) is 77.5 Å². The zero-order valence-corrected chi connectivity index (χ0v) is 25.1. The number of carboxylic acids is 1. The van der Waals surface area contributed by atoms with E-state index < -0.39 is 54.1 Å². The minimum Gasteiger partial charge on any atom is -0.483 e. The van der Waals surface area contributed by atoms with Crippen LogP contribution in [0.3, 0.4) is 0 Å². The van der Waals surface area contributed by atoms with Crippen LogP contribution in [0, 0.1) is 0 Å². The minimum atomic E-state index is -1.31. The molecule has 0 radical (unpaired) electrons. The van der Waals surface area contributed by atoms with Gasteiger partial charge in [-0.15, -0.1) is 0 Å². The van der Waals surface area contributed by atoms with Crippen LogP contribution in [0.4, 0.5) is 4.79 Å². The topological polar surface area (TPSA) is 186 Å². The molecule has 0 saturated heterocycles. The molecule has 0 aliphatic heterocycles. The van der Waals surface area contributed by atoms with Crippen molar-refractivity contribution in [3.63, 3.8) is 0 Å². The molecule has 12 heteroatoms. The number of hydrogen-bond acceptors (Lipinski definition) is 7. The van der Waals surface area contributed by atoms with Gasteiger partial charge >= 0.3 is 12.1 Å². The maximum Gasteiger partial charge on any atom is 0.408 e. The van der Waals surface area contributed by atoms with E-state index >= 15 is 0 Å². The molecule has 6 N–H and O–H groups in total. The van der Waals surface area contributed by atoms with Gasteiger partial charge in [-0.1, -0.05) is 56.2 Å². The summed E-state index contributed by atoms with van der Waals surface area (Å²) in [6.07, 6.45) is 1.88. The van der Waals surface area contributed by atoms with E-state index in [0.29, 0.717) is 12.1 Å². The number of hydrogen-bond donors (Lipinski definition) is 5. The lowest BCUT2D eigenvalue weighted by molar-refractivity contribution is -0.130. The Morgan fingerprint density at radius 1 is 0.884 bits per heavy atom. The molecule has 0 saturated carbocycles. The van der Waals surface area contributed by atoms with E-state index in [2.05, 4.69) is 16.0 Å². The number of carboxylic acid groups (broad SMARTS) is 1. The van der Waals surface area contributed by atoms with E-state index in [-0.39, 0.29) is 24.2 Å². The molecule has 2 atom stereocenters. The van der Waals surface area contributed by atoms with E-state index in [9.17, 15) is 29.1 Å². The Morgan fingerprint density at radius 2 is 1.53 bits per heavy atom. The van der Waals surface area contributed by atoms with Gasteiger partial charge in [0, 0.05) is 19.4 Å². The molecule has 0 aromatic heterocycles. The zero-order chi connectivity index (χ0) is 32.0. The second kappa shape index (κ2) is 16.7. The van der Waals surface area contributed by atoms with E-state index in [0.717, 1.165) is 24.8 Å². The highest BCUT2D eigenvalue weighted by molar-refractivity contribution is 5.93. The number of ether oxygens (including phenoxy) is 2. The first kappa shape index (κ1) is 34.6. The predicted octanol–water partition coefficient (Wildman–Crippen LogP) is 2.72. The summed E-state index contributed by atoms with van der Waals surface area (Å²) in [6, 6.07) is 11.1. The Bertz CT molecular complexity index is 1260. The molecule has 0 unspecified atom stereocenters. The van der Waals surface area contributed by atoms with E-state index in [4.69, 9.17) is 15.2 Å². The van der Waals surface area contributed by atoms with Gasteiger partial charge in [0.15, 0.2) is 6.61 Å². The summed E-state index contributed by atoms with van der Waals surface area (Å²) in [4.78, 5) is 62.5. The van der Waals surface area contributed by atoms with Gasteiger partial charge in [-0.3, -0.25) is 14.4 Å². The molecule has 0 fully saturated rings. The van der Waals surface area contributed by atoms with Crippen LogP contribution in [0.25, 0.3) is 0 Å². The summed E-state index contributed by atoms with van der Waals surface area (Å²) in [5, 5.41) is 17.9. The van der Waals surface area contributed by atoms with Crippen molar-refractivity contribution < 1.29 is 38.6 Å². The molecule has 2 rings (SSSR count). The van der Waals surface area contributed by atoms with Crippen molar-refractivity contribution in [3.05, 3.63) is 65.2 Å². The van der Waals surface area contributed by atoms with Crippen molar-refractivity contribution in [3.8, 4) is 5.75 Å². The van der Waals surface area contributed by atoms with Gasteiger partial charge in [-0.2, -0.15) is 0 Å². The smallest absolute Gasteiger partial charge is 0.408 e. The molecule has 0 bridgehead atoms. The Morgan fingerprint density at radius 3 is 2.14 bits per heavy atom. The standard InChI is InChI=1S/C31H42N4O8/c1-5-6-10-15-33-27(37)23(18-21-13-14-25(42-19-26(32)36)22(16-21)29(39)40)34-28(38)24(17-20-11-8-7-9-12-20)35-30(41)43-31(2,3)4/h7-9,11-14,16,23-24H,5-6,10,15,17-19H2,1-4H3,(H2,32,36)(H,33,37)(H,34,38)(H,35,41)(H,39,40)/t23-,24-/m0/s1. The maximum atomic E-state index is 13.6. The fraction of sp³-hybridized carbons (Fsp3) is 0.452. The van der Waals surface area contributed by atoms with Gasteiger partial charge in [0.25, 0.3) is 5.91 Å². The summed E-state index contributed by atoms with van der Waals surface area (Å²) >= 11 is 0. The van der Waals surface area contributed by atoms with Gasteiger partial charge in [-0.05, 0) is 50.5 Å². The van der Waals surface area contributed by atoms with Crippen molar-refractivity contribution in [1.29, 1.82) is 0 Å². The van der Waals surface area contributed by atoms with Crippen LogP contribution in [0.15, 0.2) is 48.5 Å². The molecule has 2 aromatic carbocycles. The van der Waals surface area contributed by atoms with Crippen LogP contribution in [0.2, 0.25) is 0 Å². The maximum absolute atomic E-state index is 13.6. The molecule has 234 valence electrons. The van der Waals surface area contributed by atoms with Gasteiger partial charge in [0.05, 0.1) is 0 Å². The van der Waals surface area contributed by atoms with Crippen molar-refractivity contribution in [2.24, 2.45) is 5.73 Å². The number of primary amides is 1. The fourth-order valence-electron chi connectivity index (χ4n) is 4.08. The molecular formula is C31H42N4O8. The Kier molecular flexibility index (Phi) is 13.5. The second-order valence-electron chi connectivity index (χ2n) is 11.0. The Balaban J connectivity index is 2.34. The van der Waals surface area contributed by atoms with E-state index in [1.165, 1.54) is 18.2 Å². The molecule has 0 spiro atoms. The first-order valence-corrected chi connectivity index (χ1v) is 14.2. The van der Waals surface area contributed by atoms with E-state index in [1.807, 2.05) is 25.1 Å². The number of nitrogens with two attached hydrogens (primary N) is 1. The fourth-order valence-corrected chi connectivity index (χ4v) is 4.08. The third-order valence-corrected chi connectivity index (χ3v) is 6.09. The Hall–Kier alpha value is -4.61. The van der Waals surface area contributed by atoms with Crippen LogP contribution in [0.1, 0.15) is 68.4 Å². The van der Waals surface area contributed by atoms with Crippen LogP contribution < -0.4 is 26.4 Å². The SMILES string of the molecule is CCCCCNC(=O)[C@H](Cc1ccc(OCC(N)=O)c(C(=O)O)c1)NC(=O)[C@H](Cc1ccccc1)NC(=O)OC(C)(C)C. The highest BCUT2D eigenvalue weighted by Crippen LogP contribution is 2.21. The normalized spacial score (nSPS) is 12.4. The lowest BCUT2D eigenvalue weighted by Crippen LogP contribution is -2.55. The number of unbranched alkanes of at least 4 members (excludes halogenated alkanes) is 2. The monoisotopic (exact) mass is 598 g/mol. The number of benzene rings is 2. The number of alkyl carbamates (subject to hydrolysis) is 1. The molecular weight excluding hydrogens is 556 g/mol. The zero-order valence-electron chi connectivity index (χ0n) is 25.1. The largest absolute Gasteiger partial charge is 0.483 e. The number of rotatable bonds is 16. The molecule has 43 heavy (non-hydrogen) atoms. The summed E-state index contributed by atoms with van der Waals surface area (Å²) in [7, 11) is 0. The minimum absolute atomic E-state index is 0.0633. The van der Waals surface area contributed by atoms with Gasteiger partial charge in [0.1, 0.15) is 29.0 Å². The lowest BCUT2D eigenvalue weighted by atomic mass is 10.0. The van der Waals surface area contributed by atoms with Crippen LogP contribution in [0.5, 0.6) is 5.75 Å². The van der Waals surface area contributed by atoms with Gasteiger partial charge in [0.2, 0.25) is 11.8 Å². The van der Waals surface area contributed by atoms with Crippen molar-refractivity contribution in [1.82, 2.24) is 16.0 Å². The predicted molar refractivity (Wildman–Crippen MR) is 160 cm³/mol. The lowest BCUT2D eigenvalue weighted by Gasteiger charge is -2.25. The number of carbonyl (C=O) groups excluding carboxylic acids is 4. The van der Waals surface area contributed by atoms with Crippen LogP contribution in [-0.4, -0.2) is 65.7 Å². The van der Waals surface area contributed by atoms with Crippen LogP contribution >= 0.6 is 0 Å². The molecule has 0 heterocycles. The third kappa shape index (κ3) is 12.8. The average molecular weight is 599 g/mol. The molecule has 0 aliphatic rings. The summed E-state index contributed by atoms with van der Waals surface area (Å²) in [5.41, 5.74) is 5.26. The summed E-state index contributed by atoms with van der Waals surface area (Å²) in [5.74, 6) is -3.23. The number of nitrogens with one attached hydrogen (secondary N) is 3. The highest BCUT2D eigenvalue weighted by atomic mass is 16.6. The average Bonchev–Trinajstić information content (AvgIpc) is 2.93. The summed E-state index contributed by atoms with van der Waals surface area (Å²) in [6.45, 7) is 7.02. The number of carbonyl (C=O) groups is 5. The third-order valence-electron chi connectivity index (χ3n) is 6.09. The second-order valence-corrected chi connectivity index (χ2v) is 11.0. The van der Waals surface area contributed by atoms with E-state index in [1.54, 1.807) is 32.9 Å². The van der Waals surface area contributed by atoms with Crippen LogP contribution in [-0.2, 0) is 32.0 Å². The first-order chi connectivity index (χ1) is 20.3. The molecule has 4 amide bonds. The van der Waals surface area contributed by atoms with Crippen molar-refractivity contribution in [2.75, 3.05) is 13.2 Å². The highest BCUT2D eigenvalue weighted by Gasteiger charge is 2.29. The van der Waals surface area contributed by atoms with Gasteiger partial charge in [-0.25, -0.2) is 9.59 Å². The molecule has 12 nitrogen and oxygen atoms in total. The van der Waals surface area contributed by atoms with Crippen molar-refractivity contribution >= 4 is 29.8 Å². The first-order valence-electron chi connectivity index (χ1n) is 14.2. The molecule has 2 aromatic rings. The molecule has 0 aliphatic carbocycles. The Labute approximate surface area is 251 Å².